The number of hydrogen-bond donors (Lipinski definition) is 1. The van der Waals surface area contributed by atoms with E-state index in [0.717, 1.165) is 67.9 Å². The van der Waals surface area contributed by atoms with Crippen LogP contribution in [0.5, 0.6) is 11.6 Å². The molecule has 1 fully saturated rings. The molecule has 8 nitrogen and oxygen atoms in total. The standard InChI is InChI=1S/C32H42Cl2N4O4/c1-23(2)32(3,4)21-35-31(39)42-22-41-29-13-11-24-10-12-25(20-27(24)36-29)40-19-6-5-14-37-15-17-38(18-16-37)28-9-7-8-26(33)30(28)34/h7-13,20,23H,5-6,14-19,21-22H2,1-4H3,(H,35,39). The van der Waals surface area contributed by atoms with Gasteiger partial charge in [-0.25, -0.2) is 9.78 Å². The van der Waals surface area contributed by atoms with Crippen molar-refractivity contribution in [3.8, 4) is 11.6 Å². The monoisotopic (exact) mass is 616 g/mol. The van der Waals surface area contributed by atoms with E-state index in [9.17, 15) is 4.79 Å². The predicted octanol–water partition coefficient (Wildman–Crippen LogP) is 7.27. The van der Waals surface area contributed by atoms with Crippen LogP contribution in [-0.4, -0.2) is 68.6 Å². The van der Waals surface area contributed by atoms with Gasteiger partial charge in [-0.3, -0.25) is 4.90 Å². The Hall–Kier alpha value is -2.94. The molecule has 1 aliphatic heterocycles. The van der Waals surface area contributed by atoms with Crippen molar-refractivity contribution in [1.29, 1.82) is 0 Å². The molecule has 0 aliphatic carbocycles. The lowest BCUT2D eigenvalue weighted by atomic mass is 9.81. The van der Waals surface area contributed by atoms with Crippen LogP contribution in [-0.2, 0) is 4.74 Å². The highest BCUT2D eigenvalue weighted by Crippen LogP contribution is 2.33. The average Bonchev–Trinajstić information content (AvgIpc) is 2.97. The maximum atomic E-state index is 12.0. The van der Waals surface area contributed by atoms with E-state index in [4.69, 9.17) is 37.4 Å². The van der Waals surface area contributed by atoms with E-state index in [-0.39, 0.29) is 12.2 Å². The summed E-state index contributed by atoms with van der Waals surface area (Å²) in [5.41, 5.74) is 1.74. The number of carbonyl (C=O) groups excluding carboxylic acids is 1. The maximum Gasteiger partial charge on any atom is 0.410 e. The fourth-order valence-electron chi connectivity index (χ4n) is 4.52. The first-order valence-corrected chi connectivity index (χ1v) is 15.4. The minimum atomic E-state index is -0.509. The van der Waals surface area contributed by atoms with Gasteiger partial charge in [-0.05, 0) is 61.1 Å². The Morgan fingerprint density at radius 1 is 1.02 bits per heavy atom. The van der Waals surface area contributed by atoms with Gasteiger partial charge in [-0.15, -0.1) is 0 Å². The van der Waals surface area contributed by atoms with Crippen molar-refractivity contribution < 1.29 is 19.0 Å². The van der Waals surface area contributed by atoms with Crippen molar-refractivity contribution in [2.75, 3.05) is 57.6 Å². The Balaban J connectivity index is 1.15. The number of anilines is 1. The second-order valence-corrected chi connectivity index (χ2v) is 12.4. The van der Waals surface area contributed by atoms with Crippen molar-refractivity contribution in [1.82, 2.24) is 15.2 Å². The quantitative estimate of drug-likeness (QED) is 0.160. The first-order valence-electron chi connectivity index (χ1n) is 14.6. The topological polar surface area (TPSA) is 76.2 Å². The number of carbonyl (C=O) groups is 1. The number of amides is 1. The Kier molecular flexibility index (Phi) is 11.4. The van der Waals surface area contributed by atoms with Crippen LogP contribution in [0.25, 0.3) is 10.9 Å². The molecule has 2 heterocycles. The summed E-state index contributed by atoms with van der Waals surface area (Å²) >= 11 is 12.6. The molecule has 1 aromatic heterocycles. The lowest BCUT2D eigenvalue weighted by Crippen LogP contribution is -2.46. The van der Waals surface area contributed by atoms with Gasteiger partial charge in [0.1, 0.15) is 5.75 Å². The molecule has 1 aliphatic rings. The maximum absolute atomic E-state index is 12.0. The second kappa shape index (κ2) is 15.0. The van der Waals surface area contributed by atoms with Gasteiger partial charge < -0.3 is 24.4 Å². The Morgan fingerprint density at radius 3 is 2.55 bits per heavy atom. The van der Waals surface area contributed by atoms with Gasteiger partial charge in [-0.1, -0.05) is 57.0 Å². The predicted molar refractivity (Wildman–Crippen MR) is 170 cm³/mol. The minimum Gasteiger partial charge on any atom is -0.494 e. The van der Waals surface area contributed by atoms with Gasteiger partial charge in [0, 0.05) is 50.2 Å². The summed E-state index contributed by atoms with van der Waals surface area (Å²) in [6.45, 7) is 14.3. The Bertz CT molecular complexity index is 1330. The number of halogens is 2. The van der Waals surface area contributed by atoms with Crippen molar-refractivity contribution in [3.63, 3.8) is 0 Å². The molecule has 0 spiro atoms. The summed E-state index contributed by atoms with van der Waals surface area (Å²) in [6, 6.07) is 15.3. The van der Waals surface area contributed by atoms with Crippen LogP contribution >= 0.6 is 23.2 Å². The highest BCUT2D eigenvalue weighted by molar-refractivity contribution is 6.43. The number of nitrogens with one attached hydrogen (secondary N) is 1. The fraction of sp³-hybridized carbons (Fsp3) is 0.500. The fourth-order valence-corrected chi connectivity index (χ4v) is 4.94. The molecule has 2 aromatic carbocycles. The van der Waals surface area contributed by atoms with Gasteiger partial charge in [0.25, 0.3) is 0 Å². The average molecular weight is 618 g/mol. The number of piperazine rings is 1. The number of aromatic nitrogens is 1. The number of hydrogen-bond acceptors (Lipinski definition) is 7. The van der Waals surface area contributed by atoms with Gasteiger partial charge in [-0.2, -0.15) is 0 Å². The van der Waals surface area contributed by atoms with Crippen LogP contribution in [0.2, 0.25) is 10.0 Å². The molecule has 0 saturated carbocycles. The molecular formula is C32H42Cl2N4O4. The zero-order valence-electron chi connectivity index (χ0n) is 25.0. The van der Waals surface area contributed by atoms with Crippen molar-refractivity contribution in [2.24, 2.45) is 11.3 Å². The number of ether oxygens (including phenoxy) is 3. The van der Waals surface area contributed by atoms with Crippen molar-refractivity contribution >= 4 is 45.9 Å². The van der Waals surface area contributed by atoms with E-state index in [0.29, 0.717) is 35.0 Å². The summed E-state index contributed by atoms with van der Waals surface area (Å²) < 4.78 is 16.7. The number of unbranched alkanes of at least 4 members (excludes halogenated alkanes) is 1. The van der Waals surface area contributed by atoms with Gasteiger partial charge in [0.05, 0.1) is 27.9 Å². The molecule has 0 bridgehead atoms. The molecule has 10 heteroatoms. The molecule has 1 amide bonds. The molecule has 0 unspecified atom stereocenters. The van der Waals surface area contributed by atoms with Crippen LogP contribution in [0.4, 0.5) is 10.5 Å². The number of pyridine rings is 1. The highest BCUT2D eigenvalue weighted by Gasteiger charge is 2.23. The normalized spacial score (nSPS) is 14.3. The summed E-state index contributed by atoms with van der Waals surface area (Å²) in [4.78, 5) is 21.4. The largest absolute Gasteiger partial charge is 0.494 e. The molecule has 0 radical (unpaired) electrons. The lowest BCUT2D eigenvalue weighted by Gasteiger charge is -2.36. The molecule has 1 N–H and O–H groups in total. The summed E-state index contributed by atoms with van der Waals surface area (Å²) in [5.74, 6) is 1.58. The molecule has 4 rings (SSSR count). The van der Waals surface area contributed by atoms with E-state index in [1.54, 1.807) is 6.07 Å². The van der Waals surface area contributed by atoms with Crippen LogP contribution in [0, 0.1) is 11.3 Å². The first kappa shape index (κ1) is 32.0. The van der Waals surface area contributed by atoms with Crippen LogP contribution in [0.1, 0.15) is 40.5 Å². The zero-order chi connectivity index (χ0) is 30.1. The van der Waals surface area contributed by atoms with E-state index < -0.39 is 6.09 Å². The van der Waals surface area contributed by atoms with Gasteiger partial charge in [0.15, 0.2) is 0 Å². The summed E-state index contributed by atoms with van der Waals surface area (Å²) in [6.07, 6.45) is 1.51. The summed E-state index contributed by atoms with van der Waals surface area (Å²) in [7, 11) is 0. The third kappa shape index (κ3) is 9.03. The van der Waals surface area contributed by atoms with E-state index in [2.05, 4.69) is 47.8 Å². The molecule has 228 valence electrons. The lowest BCUT2D eigenvalue weighted by molar-refractivity contribution is 0.0543. The Labute approximate surface area is 259 Å². The number of alkyl carbamates (subject to hydrolysis) is 1. The Morgan fingerprint density at radius 2 is 1.79 bits per heavy atom. The smallest absolute Gasteiger partial charge is 0.410 e. The van der Waals surface area contributed by atoms with Crippen LogP contribution in [0.15, 0.2) is 48.5 Å². The van der Waals surface area contributed by atoms with Crippen LogP contribution in [0.3, 0.4) is 0 Å². The minimum absolute atomic E-state index is 0.0240. The number of nitrogens with zero attached hydrogens (tertiary/aromatic N) is 3. The van der Waals surface area contributed by atoms with Gasteiger partial charge in [0.2, 0.25) is 12.7 Å². The molecule has 1 saturated heterocycles. The highest BCUT2D eigenvalue weighted by atomic mass is 35.5. The third-order valence-electron chi connectivity index (χ3n) is 8.07. The zero-order valence-corrected chi connectivity index (χ0v) is 26.5. The molecule has 42 heavy (non-hydrogen) atoms. The number of benzene rings is 2. The van der Waals surface area contributed by atoms with Gasteiger partial charge >= 0.3 is 6.09 Å². The second-order valence-electron chi connectivity index (χ2n) is 11.7. The molecule has 3 aromatic rings. The molecule has 0 atom stereocenters. The van der Waals surface area contributed by atoms with E-state index >= 15 is 0 Å². The number of rotatable bonds is 13. The third-order valence-corrected chi connectivity index (χ3v) is 8.88. The number of fused-ring (bicyclic) bond motifs is 1. The van der Waals surface area contributed by atoms with E-state index in [1.807, 2.05) is 42.5 Å². The van der Waals surface area contributed by atoms with E-state index in [1.165, 1.54) is 0 Å². The summed E-state index contributed by atoms with van der Waals surface area (Å²) in [5, 5.41) is 5.00. The van der Waals surface area contributed by atoms with Crippen molar-refractivity contribution in [2.45, 2.75) is 40.5 Å². The van der Waals surface area contributed by atoms with Crippen LogP contribution < -0.4 is 19.7 Å². The first-order chi connectivity index (χ1) is 20.1. The molecular weight excluding hydrogens is 575 g/mol. The van der Waals surface area contributed by atoms with Crippen molar-refractivity contribution in [3.05, 3.63) is 58.6 Å². The SMILES string of the molecule is CC(C)C(C)(C)CNC(=O)OCOc1ccc2ccc(OCCCCN3CCN(c4cccc(Cl)c4Cl)CC3)cc2n1.